The third-order valence-corrected chi connectivity index (χ3v) is 2.86. The Morgan fingerprint density at radius 1 is 0.765 bits per heavy atom. The Morgan fingerprint density at radius 2 is 1.24 bits per heavy atom. The van der Waals surface area contributed by atoms with E-state index < -0.39 is 4.84 Å². The van der Waals surface area contributed by atoms with Crippen molar-refractivity contribution < 1.29 is 0 Å². The van der Waals surface area contributed by atoms with Gasteiger partial charge in [0.15, 0.2) is 0 Å². The van der Waals surface area contributed by atoms with E-state index in [4.69, 9.17) is 34.8 Å². The lowest BCUT2D eigenvalue weighted by Gasteiger charge is -1.97. The van der Waals surface area contributed by atoms with Gasteiger partial charge in [-0.15, -0.1) is 34.8 Å². The largest absolute Gasteiger partial charge is 0.132 e. The summed E-state index contributed by atoms with van der Waals surface area (Å²) in [6, 6.07) is 19.5. The van der Waals surface area contributed by atoms with Gasteiger partial charge in [0, 0.05) is 5.88 Å². The van der Waals surface area contributed by atoms with E-state index in [1.54, 1.807) is 0 Å². The Kier molecular flexibility index (Phi) is 7.11. The minimum atomic E-state index is -0.397. The Labute approximate surface area is 117 Å². The Bertz CT molecular complexity index is 398. The summed E-state index contributed by atoms with van der Waals surface area (Å²) in [4.78, 5) is -0.397. The molecule has 0 heterocycles. The summed E-state index contributed by atoms with van der Waals surface area (Å²) in [5.74, 6) is 0.612. The average Bonchev–Trinajstić information content (AvgIpc) is 2.41. The lowest BCUT2D eigenvalue weighted by molar-refractivity contribution is 1.35. The molecule has 0 fully saturated rings. The van der Waals surface area contributed by atoms with Gasteiger partial charge in [-0.05, 0) is 11.1 Å². The molecule has 0 N–H and O–H groups in total. The first kappa shape index (κ1) is 14.4. The minimum absolute atomic E-state index is 0.397. The molecule has 0 aliphatic heterocycles. The molecule has 0 spiro atoms. The molecule has 0 amide bonds. The molecule has 90 valence electrons. The predicted molar refractivity (Wildman–Crippen MR) is 76.9 cm³/mol. The molecule has 0 saturated carbocycles. The number of hydrogen-bond donors (Lipinski definition) is 0. The van der Waals surface area contributed by atoms with Crippen molar-refractivity contribution in [3.63, 3.8) is 0 Å². The molecule has 2 rings (SSSR count). The third-order valence-electron chi connectivity index (χ3n) is 2.05. The number of halogens is 3. The molecule has 0 atom stereocenters. The zero-order valence-corrected chi connectivity index (χ0v) is 11.5. The molecular formula is C14H13Cl3. The van der Waals surface area contributed by atoms with E-state index in [0.717, 1.165) is 5.56 Å². The highest BCUT2D eigenvalue weighted by Gasteiger charge is 1.98. The average molecular weight is 288 g/mol. The molecule has 0 unspecified atom stereocenters. The van der Waals surface area contributed by atoms with E-state index in [0.29, 0.717) is 5.88 Å². The fraction of sp³-hybridized carbons (Fsp3) is 0.143. The van der Waals surface area contributed by atoms with Gasteiger partial charge < -0.3 is 0 Å². The molecule has 3 heteroatoms. The van der Waals surface area contributed by atoms with Gasteiger partial charge in [0.25, 0.3) is 0 Å². The van der Waals surface area contributed by atoms with E-state index in [1.165, 1.54) is 5.56 Å². The molecule has 0 nitrogen and oxygen atoms in total. The number of benzene rings is 2. The van der Waals surface area contributed by atoms with Gasteiger partial charge in [-0.2, -0.15) is 0 Å². The van der Waals surface area contributed by atoms with Crippen LogP contribution in [0, 0.1) is 0 Å². The molecule has 2 aromatic carbocycles. The SMILES string of the molecule is ClC(Cl)c1ccccc1.ClCc1ccccc1. The second-order valence-electron chi connectivity index (χ2n) is 3.33. The Morgan fingerprint density at radius 3 is 1.53 bits per heavy atom. The minimum Gasteiger partial charge on any atom is -0.122 e. The van der Waals surface area contributed by atoms with Crippen LogP contribution in [0.15, 0.2) is 60.7 Å². The van der Waals surface area contributed by atoms with Crippen molar-refractivity contribution in [3.05, 3.63) is 71.8 Å². The summed E-state index contributed by atoms with van der Waals surface area (Å²) in [6.45, 7) is 0. The highest BCUT2D eigenvalue weighted by molar-refractivity contribution is 6.44. The van der Waals surface area contributed by atoms with Gasteiger partial charge in [0.1, 0.15) is 4.84 Å². The predicted octanol–water partition coefficient (Wildman–Crippen LogP) is 5.59. The molecule has 0 aliphatic rings. The number of alkyl halides is 3. The van der Waals surface area contributed by atoms with Gasteiger partial charge in [0.2, 0.25) is 0 Å². The van der Waals surface area contributed by atoms with Crippen LogP contribution >= 0.6 is 34.8 Å². The molecule has 0 aromatic heterocycles. The van der Waals surface area contributed by atoms with Crippen molar-refractivity contribution in [1.82, 2.24) is 0 Å². The second-order valence-corrected chi connectivity index (χ2v) is 4.69. The molecule has 0 bridgehead atoms. The van der Waals surface area contributed by atoms with Crippen LogP contribution in [0.2, 0.25) is 0 Å². The van der Waals surface area contributed by atoms with Crippen molar-refractivity contribution in [2.45, 2.75) is 10.7 Å². The van der Waals surface area contributed by atoms with E-state index in [-0.39, 0.29) is 0 Å². The van der Waals surface area contributed by atoms with Crippen LogP contribution in [-0.4, -0.2) is 0 Å². The van der Waals surface area contributed by atoms with E-state index >= 15 is 0 Å². The van der Waals surface area contributed by atoms with E-state index in [2.05, 4.69) is 0 Å². The molecule has 0 aliphatic carbocycles. The standard InChI is InChI=1S/C7H6Cl2.C7H7Cl/c8-7(9)6-4-2-1-3-5-6;8-6-7-4-2-1-3-5-7/h1-5,7H;1-5H,6H2. The zero-order valence-electron chi connectivity index (χ0n) is 9.19. The normalized spacial score (nSPS) is 9.65. The van der Waals surface area contributed by atoms with Crippen molar-refractivity contribution >= 4 is 34.8 Å². The lowest BCUT2D eigenvalue weighted by Crippen LogP contribution is -1.76. The van der Waals surface area contributed by atoms with Crippen LogP contribution < -0.4 is 0 Å². The second kappa shape index (κ2) is 8.41. The van der Waals surface area contributed by atoms with Crippen LogP contribution in [0.4, 0.5) is 0 Å². The van der Waals surface area contributed by atoms with Crippen LogP contribution in [0.3, 0.4) is 0 Å². The molecular weight excluding hydrogens is 275 g/mol. The lowest BCUT2D eigenvalue weighted by atomic mass is 10.2. The number of rotatable bonds is 2. The summed E-state index contributed by atoms with van der Waals surface area (Å²) >= 11 is 16.7. The van der Waals surface area contributed by atoms with Gasteiger partial charge in [-0.3, -0.25) is 0 Å². The first-order chi connectivity index (χ1) is 8.24. The van der Waals surface area contributed by atoms with Crippen LogP contribution in [-0.2, 0) is 5.88 Å². The molecule has 2 aromatic rings. The van der Waals surface area contributed by atoms with Crippen molar-refractivity contribution in [3.8, 4) is 0 Å². The summed E-state index contributed by atoms with van der Waals surface area (Å²) < 4.78 is 0. The van der Waals surface area contributed by atoms with Gasteiger partial charge in [0.05, 0.1) is 0 Å². The maximum atomic E-state index is 5.57. The monoisotopic (exact) mass is 286 g/mol. The molecule has 17 heavy (non-hydrogen) atoms. The first-order valence-corrected chi connectivity index (χ1v) is 6.57. The maximum absolute atomic E-state index is 5.57. The Hall–Kier alpha value is -0.690. The zero-order chi connectivity index (χ0) is 12.5. The quantitative estimate of drug-likeness (QED) is 0.632. The topological polar surface area (TPSA) is 0 Å². The van der Waals surface area contributed by atoms with E-state index in [9.17, 15) is 0 Å². The Balaban J connectivity index is 0.000000171. The van der Waals surface area contributed by atoms with E-state index in [1.807, 2.05) is 60.7 Å². The summed E-state index contributed by atoms with van der Waals surface area (Å²) in [5.41, 5.74) is 2.12. The van der Waals surface area contributed by atoms with Gasteiger partial charge >= 0.3 is 0 Å². The summed E-state index contributed by atoms with van der Waals surface area (Å²) in [6.07, 6.45) is 0. The van der Waals surface area contributed by atoms with Crippen molar-refractivity contribution in [2.75, 3.05) is 0 Å². The molecule has 0 radical (unpaired) electrons. The first-order valence-electron chi connectivity index (χ1n) is 5.17. The summed E-state index contributed by atoms with van der Waals surface area (Å²) in [7, 11) is 0. The maximum Gasteiger partial charge on any atom is 0.132 e. The van der Waals surface area contributed by atoms with Crippen LogP contribution in [0.5, 0.6) is 0 Å². The van der Waals surface area contributed by atoms with Crippen molar-refractivity contribution in [2.24, 2.45) is 0 Å². The van der Waals surface area contributed by atoms with Gasteiger partial charge in [-0.25, -0.2) is 0 Å². The molecule has 0 saturated heterocycles. The van der Waals surface area contributed by atoms with Crippen molar-refractivity contribution in [1.29, 1.82) is 0 Å². The van der Waals surface area contributed by atoms with Gasteiger partial charge in [-0.1, -0.05) is 60.7 Å². The smallest absolute Gasteiger partial charge is 0.122 e. The highest BCUT2D eigenvalue weighted by atomic mass is 35.5. The fourth-order valence-electron chi connectivity index (χ4n) is 1.17. The number of hydrogen-bond acceptors (Lipinski definition) is 0. The van der Waals surface area contributed by atoms with Crippen LogP contribution in [0.1, 0.15) is 16.0 Å². The highest BCUT2D eigenvalue weighted by Crippen LogP contribution is 2.23. The fourth-order valence-corrected chi connectivity index (χ4v) is 1.63. The van der Waals surface area contributed by atoms with Crippen LogP contribution in [0.25, 0.3) is 0 Å². The summed E-state index contributed by atoms with van der Waals surface area (Å²) in [5, 5.41) is 0. The third kappa shape index (κ3) is 5.97.